The molecule has 1 aromatic carbocycles. The van der Waals surface area contributed by atoms with Gasteiger partial charge in [-0.25, -0.2) is 10.3 Å². The zero-order valence-electron chi connectivity index (χ0n) is 24.2. The van der Waals surface area contributed by atoms with Crippen LogP contribution < -0.4 is 31.8 Å². The molecule has 0 bridgehead atoms. The third kappa shape index (κ3) is 4.30. The summed E-state index contributed by atoms with van der Waals surface area (Å²) >= 11 is 0. The number of guanidine groups is 2. The van der Waals surface area contributed by atoms with Crippen molar-refractivity contribution in [3.05, 3.63) is 58.9 Å². The number of aliphatic hydroxyl groups excluding tert-OH is 1. The number of benzene rings is 1. The molecule has 5 atom stereocenters. The zero-order chi connectivity index (χ0) is 30.0. The van der Waals surface area contributed by atoms with E-state index in [9.17, 15) is 14.7 Å². The van der Waals surface area contributed by atoms with E-state index in [1.165, 1.54) is 4.90 Å². The van der Waals surface area contributed by atoms with E-state index in [1.54, 1.807) is 30.3 Å². The van der Waals surface area contributed by atoms with E-state index in [1.807, 2.05) is 25.1 Å². The molecule has 2 amide bonds. The minimum absolute atomic E-state index is 0.125. The number of carbonyl (C=O) groups is 2. The van der Waals surface area contributed by atoms with Crippen molar-refractivity contribution in [3.63, 3.8) is 0 Å². The van der Waals surface area contributed by atoms with Crippen molar-refractivity contribution in [2.24, 2.45) is 16.5 Å². The molecule has 1 fully saturated rings. The highest BCUT2D eigenvalue weighted by Crippen LogP contribution is 2.41. The van der Waals surface area contributed by atoms with Crippen LogP contribution in [0.15, 0.2) is 41.5 Å². The van der Waals surface area contributed by atoms with E-state index >= 15 is 0 Å². The van der Waals surface area contributed by atoms with Crippen LogP contribution in [-0.4, -0.2) is 100 Å². The summed E-state index contributed by atoms with van der Waals surface area (Å²) in [5.74, 6) is 0.368. The van der Waals surface area contributed by atoms with Gasteiger partial charge in [-0.2, -0.15) is 0 Å². The first-order chi connectivity index (χ1) is 19.9. The van der Waals surface area contributed by atoms with E-state index < -0.39 is 29.9 Å². The number of hydrogen-bond donors (Lipinski definition) is 6. The zero-order valence-corrected chi connectivity index (χ0v) is 24.2. The summed E-state index contributed by atoms with van der Waals surface area (Å²) in [6.45, 7) is 7.06. The largest absolute Gasteiger partial charge is 0.492 e. The molecule has 222 valence electrons. The highest BCUT2D eigenvalue weighted by atomic mass is 16.5. The van der Waals surface area contributed by atoms with Gasteiger partial charge < -0.3 is 30.7 Å². The number of amides is 2. The Kier molecular flexibility index (Phi) is 6.52. The number of aliphatic imine (C=N–C) groups is 1. The molecule has 4 aliphatic rings. The van der Waals surface area contributed by atoms with E-state index in [-0.39, 0.29) is 42.2 Å². The third-order valence-corrected chi connectivity index (χ3v) is 8.95. The van der Waals surface area contributed by atoms with E-state index in [4.69, 9.17) is 21.2 Å². The summed E-state index contributed by atoms with van der Waals surface area (Å²) in [4.78, 5) is 42.1. The monoisotopic (exact) mass is 576 g/mol. The van der Waals surface area contributed by atoms with E-state index in [0.29, 0.717) is 23.6 Å². The number of ether oxygens (including phenoxy) is 1. The number of aryl methyl sites for hydroxylation is 1. The molecule has 2 aromatic rings. The first-order valence-corrected chi connectivity index (χ1v) is 14.1. The predicted molar refractivity (Wildman–Crippen MR) is 155 cm³/mol. The smallest absolute Gasteiger partial charge is 0.343 e. The van der Waals surface area contributed by atoms with Crippen LogP contribution in [-0.2, 0) is 5.41 Å². The van der Waals surface area contributed by atoms with Crippen LogP contribution in [0.3, 0.4) is 0 Å². The van der Waals surface area contributed by atoms with E-state index in [2.05, 4.69) is 34.5 Å². The van der Waals surface area contributed by atoms with Crippen LogP contribution >= 0.6 is 0 Å². The van der Waals surface area contributed by atoms with E-state index in [0.717, 1.165) is 17.5 Å². The average Bonchev–Trinajstić information content (AvgIpc) is 3.44. The molecular formula is C29H38N9O4+. The maximum Gasteiger partial charge on any atom is 0.343 e. The lowest BCUT2D eigenvalue weighted by Crippen LogP contribution is -2.88. The van der Waals surface area contributed by atoms with Crippen LogP contribution in [0.5, 0.6) is 5.75 Å². The normalized spacial score (nSPS) is 28.7. The average molecular weight is 577 g/mol. The lowest BCUT2D eigenvalue weighted by molar-refractivity contribution is -0.514. The first kappa shape index (κ1) is 27.8. The van der Waals surface area contributed by atoms with Gasteiger partial charge in [0.15, 0.2) is 12.0 Å². The van der Waals surface area contributed by atoms with Crippen LogP contribution in [0.25, 0.3) is 0 Å². The number of pyridine rings is 1. The maximum absolute atomic E-state index is 13.6. The molecule has 42 heavy (non-hydrogen) atoms. The first-order valence-electron chi connectivity index (χ1n) is 14.1. The van der Waals surface area contributed by atoms with Gasteiger partial charge in [0.2, 0.25) is 5.66 Å². The standard InChI is InChI=1S/C29H37N9O4/c1-15-8-9-18(32-12-15)25(41)37(4)13-19-22-29(36-26(30)35-22)23(39)20(14-38(29)27(31)34-19)33-24(40)16-6-5-7-17-21(16)42-11-10-28(17,2)3/h5-9,12,19-20,22-23,39H,10-11,13-14H2,1-4H3,(H2,31,34)(H,33,40)(H3,30,35,36)/p+1/t19-,20?,22-,23+,29-/m0/s1. The molecule has 13 nitrogen and oxygen atoms in total. The Morgan fingerprint density at radius 1 is 1.29 bits per heavy atom. The lowest BCUT2D eigenvalue weighted by Gasteiger charge is -2.44. The fourth-order valence-corrected chi connectivity index (χ4v) is 6.62. The molecule has 1 unspecified atom stereocenters. The summed E-state index contributed by atoms with van der Waals surface area (Å²) in [7, 11) is 1.67. The SMILES string of the molecule is Cc1ccc(C(=O)N(C)C[C@@H]2N=C(N)N3CC(NC(=O)c4cccc5c4OCCC5(C)C)[C@@H](O)[C@@]34NC(N)=[NH+][C@@H]24)nc1. The number of fused-ring (bicyclic) bond motifs is 1. The van der Waals surface area contributed by atoms with Crippen molar-refractivity contribution in [1.82, 2.24) is 25.4 Å². The number of rotatable bonds is 5. The summed E-state index contributed by atoms with van der Waals surface area (Å²) in [5, 5.41) is 18.0. The fourth-order valence-electron chi connectivity index (χ4n) is 6.62. The van der Waals surface area contributed by atoms with Crippen LogP contribution in [0.2, 0.25) is 0 Å². The van der Waals surface area contributed by atoms with Gasteiger partial charge in [0.25, 0.3) is 11.8 Å². The van der Waals surface area contributed by atoms with Gasteiger partial charge in [-0.05, 0) is 36.5 Å². The minimum Gasteiger partial charge on any atom is -0.492 e. The maximum atomic E-state index is 13.6. The van der Waals surface area contributed by atoms with Gasteiger partial charge in [-0.3, -0.25) is 25.3 Å². The predicted octanol–water partition coefficient (Wildman–Crippen LogP) is -2.24. The second kappa shape index (κ2) is 9.86. The molecule has 6 rings (SSSR count). The molecule has 0 aliphatic carbocycles. The highest BCUT2D eigenvalue weighted by Gasteiger charge is 2.68. The Labute approximate surface area is 244 Å². The number of hydrogen-bond acceptors (Lipinski definition) is 10. The number of nitrogens with one attached hydrogen (secondary N) is 3. The van der Waals surface area contributed by atoms with Gasteiger partial charge in [0.1, 0.15) is 23.6 Å². The third-order valence-electron chi connectivity index (χ3n) is 8.95. The molecule has 4 aliphatic heterocycles. The fraction of sp³-hybridized carbons (Fsp3) is 0.483. The van der Waals surface area contributed by atoms with Crippen molar-refractivity contribution in [1.29, 1.82) is 0 Å². The van der Waals surface area contributed by atoms with Crippen molar-refractivity contribution in [2.45, 2.75) is 62.5 Å². The van der Waals surface area contributed by atoms with Gasteiger partial charge in [-0.15, -0.1) is 0 Å². The molecule has 1 spiro atoms. The number of aliphatic hydroxyl groups is 1. The molecule has 1 aromatic heterocycles. The molecule has 0 radical (unpaired) electrons. The molecule has 8 N–H and O–H groups in total. The van der Waals surface area contributed by atoms with Gasteiger partial charge >= 0.3 is 5.96 Å². The van der Waals surface area contributed by atoms with Crippen molar-refractivity contribution in [3.8, 4) is 5.75 Å². The number of nitrogens with zero attached hydrogens (tertiary/aromatic N) is 4. The summed E-state index contributed by atoms with van der Waals surface area (Å²) in [5.41, 5.74) is 14.0. The van der Waals surface area contributed by atoms with Gasteiger partial charge in [-0.1, -0.05) is 32.0 Å². The van der Waals surface area contributed by atoms with Crippen molar-refractivity contribution >= 4 is 23.7 Å². The molecule has 1 saturated heterocycles. The highest BCUT2D eigenvalue weighted by molar-refractivity contribution is 5.98. The number of likely N-dealkylation sites (N-methyl/N-ethyl adjacent to an activating group) is 1. The summed E-state index contributed by atoms with van der Waals surface area (Å²) in [6.07, 6.45) is 1.36. The Morgan fingerprint density at radius 2 is 2.07 bits per heavy atom. The summed E-state index contributed by atoms with van der Waals surface area (Å²) in [6, 6.07) is 7.25. The number of carbonyl (C=O) groups excluding carboxylic acids is 2. The van der Waals surface area contributed by atoms with Crippen molar-refractivity contribution in [2.75, 3.05) is 26.7 Å². The molecule has 13 heteroatoms. The Hall–Kier alpha value is -4.39. The topological polar surface area (TPSA) is 185 Å². The second-order valence-electron chi connectivity index (χ2n) is 12.2. The lowest BCUT2D eigenvalue weighted by atomic mass is 9.79. The molecular weight excluding hydrogens is 538 g/mol. The number of aromatic nitrogens is 1. The minimum atomic E-state index is -1.20. The van der Waals surface area contributed by atoms with Crippen LogP contribution in [0, 0.1) is 6.92 Å². The Morgan fingerprint density at radius 3 is 2.81 bits per heavy atom. The second-order valence-corrected chi connectivity index (χ2v) is 12.2. The quantitative estimate of drug-likeness (QED) is 0.229. The van der Waals surface area contributed by atoms with Crippen LogP contribution in [0.1, 0.15) is 52.2 Å². The summed E-state index contributed by atoms with van der Waals surface area (Å²) < 4.78 is 5.95. The number of nitrogens with two attached hydrogens (primary N) is 2. The van der Waals surface area contributed by atoms with Gasteiger partial charge in [0.05, 0.1) is 18.2 Å². The molecule has 0 saturated carbocycles. The number of para-hydroxylation sites is 1. The Bertz CT molecular complexity index is 1490. The Balaban J connectivity index is 1.24. The van der Waals surface area contributed by atoms with Crippen LogP contribution in [0.4, 0.5) is 0 Å². The van der Waals surface area contributed by atoms with Gasteiger partial charge in [0, 0.05) is 31.9 Å². The van der Waals surface area contributed by atoms with Crippen molar-refractivity contribution < 1.29 is 24.4 Å². The molecule has 5 heterocycles.